The van der Waals surface area contributed by atoms with Crippen molar-refractivity contribution in [3.05, 3.63) is 11.1 Å². The van der Waals surface area contributed by atoms with Crippen LogP contribution in [0.15, 0.2) is 5.38 Å². The highest BCUT2D eigenvalue weighted by molar-refractivity contribution is 7.03. The lowest BCUT2D eigenvalue weighted by molar-refractivity contribution is 0.436. The summed E-state index contributed by atoms with van der Waals surface area (Å²) in [6, 6.07) is 0.131. The molecule has 1 aliphatic rings. The monoisotopic (exact) mass is 183 g/mol. The lowest BCUT2D eigenvalue weighted by Gasteiger charge is -2.15. The van der Waals surface area contributed by atoms with Crippen LogP contribution in [0.3, 0.4) is 0 Å². The smallest absolute Gasteiger partial charge is 0.0925 e. The zero-order chi connectivity index (χ0) is 8.39. The lowest BCUT2D eigenvalue weighted by Crippen LogP contribution is -2.19. The highest BCUT2D eigenvalue weighted by Crippen LogP contribution is 2.33. The number of hydrogen-bond acceptors (Lipinski definition) is 4. The Labute approximate surface area is 76.1 Å². The Morgan fingerprint density at radius 1 is 1.50 bits per heavy atom. The van der Waals surface area contributed by atoms with Crippen LogP contribution in [0.1, 0.15) is 37.4 Å². The minimum atomic E-state index is 0.131. The molecule has 1 atom stereocenters. The quantitative estimate of drug-likeness (QED) is 0.759. The van der Waals surface area contributed by atoms with E-state index in [4.69, 9.17) is 5.73 Å². The first-order chi connectivity index (χ1) is 5.88. The summed E-state index contributed by atoms with van der Waals surface area (Å²) in [7, 11) is 0. The molecule has 1 heterocycles. The second-order valence-electron chi connectivity index (χ2n) is 3.40. The zero-order valence-corrected chi connectivity index (χ0v) is 7.76. The molecular formula is C8H13N3S. The van der Waals surface area contributed by atoms with Crippen LogP contribution in [0.5, 0.6) is 0 Å². The first-order valence-corrected chi connectivity index (χ1v) is 5.24. The Morgan fingerprint density at radius 3 is 2.83 bits per heavy atom. The number of nitrogens with zero attached hydrogens (tertiary/aromatic N) is 2. The molecule has 12 heavy (non-hydrogen) atoms. The van der Waals surface area contributed by atoms with Crippen molar-refractivity contribution in [2.45, 2.75) is 31.7 Å². The molecule has 3 nitrogen and oxygen atoms in total. The maximum Gasteiger partial charge on any atom is 0.0925 e. The van der Waals surface area contributed by atoms with Crippen molar-refractivity contribution < 1.29 is 0 Å². The van der Waals surface area contributed by atoms with Crippen LogP contribution in [0.25, 0.3) is 0 Å². The summed E-state index contributed by atoms with van der Waals surface area (Å²) < 4.78 is 3.83. The first-order valence-electron chi connectivity index (χ1n) is 4.40. The summed E-state index contributed by atoms with van der Waals surface area (Å²) in [5.41, 5.74) is 7.03. The third kappa shape index (κ3) is 1.49. The molecular weight excluding hydrogens is 170 g/mol. The third-order valence-electron chi connectivity index (χ3n) is 2.63. The molecule has 4 heteroatoms. The summed E-state index contributed by atoms with van der Waals surface area (Å²) >= 11 is 1.39. The van der Waals surface area contributed by atoms with E-state index in [9.17, 15) is 0 Å². The van der Waals surface area contributed by atoms with E-state index in [1.807, 2.05) is 5.38 Å². The van der Waals surface area contributed by atoms with Crippen molar-refractivity contribution in [2.24, 2.45) is 11.7 Å². The molecule has 0 saturated heterocycles. The van der Waals surface area contributed by atoms with Crippen LogP contribution < -0.4 is 5.73 Å². The second kappa shape index (κ2) is 3.49. The van der Waals surface area contributed by atoms with Gasteiger partial charge in [-0.15, -0.1) is 5.10 Å². The standard InChI is InChI=1S/C8H13N3S/c9-8(6-3-1-2-4-6)7-5-12-11-10-7/h5-6,8H,1-4,9H2. The van der Waals surface area contributed by atoms with E-state index in [1.165, 1.54) is 37.2 Å². The summed E-state index contributed by atoms with van der Waals surface area (Å²) in [6.07, 6.45) is 5.18. The molecule has 1 aliphatic carbocycles. The summed E-state index contributed by atoms with van der Waals surface area (Å²) in [5.74, 6) is 0.647. The minimum absolute atomic E-state index is 0.131. The maximum absolute atomic E-state index is 6.05. The topological polar surface area (TPSA) is 51.8 Å². The lowest BCUT2D eigenvalue weighted by atomic mass is 9.97. The Balaban J connectivity index is 2.04. The summed E-state index contributed by atoms with van der Waals surface area (Å²) in [6.45, 7) is 0. The molecule has 1 fully saturated rings. The van der Waals surface area contributed by atoms with Crippen LogP contribution >= 0.6 is 11.5 Å². The van der Waals surface area contributed by atoms with Crippen molar-refractivity contribution in [1.82, 2.24) is 9.59 Å². The van der Waals surface area contributed by atoms with Gasteiger partial charge in [-0.25, -0.2) is 0 Å². The van der Waals surface area contributed by atoms with Crippen molar-refractivity contribution in [1.29, 1.82) is 0 Å². The molecule has 66 valence electrons. The fraction of sp³-hybridized carbons (Fsp3) is 0.750. The van der Waals surface area contributed by atoms with Gasteiger partial charge >= 0.3 is 0 Å². The van der Waals surface area contributed by atoms with Gasteiger partial charge in [-0.3, -0.25) is 0 Å². The highest BCUT2D eigenvalue weighted by atomic mass is 32.1. The van der Waals surface area contributed by atoms with Gasteiger partial charge in [-0.1, -0.05) is 17.3 Å². The number of rotatable bonds is 2. The molecule has 0 bridgehead atoms. The van der Waals surface area contributed by atoms with Crippen molar-refractivity contribution in [3.63, 3.8) is 0 Å². The van der Waals surface area contributed by atoms with Gasteiger partial charge in [0.05, 0.1) is 11.7 Å². The van der Waals surface area contributed by atoms with Gasteiger partial charge in [-0.05, 0) is 30.3 Å². The summed E-state index contributed by atoms with van der Waals surface area (Å²) in [4.78, 5) is 0. The van der Waals surface area contributed by atoms with Gasteiger partial charge in [0.25, 0.3) is 0 Å². The Kier molecular flexibility index (Phi) is 2.37. The van der Waals surface area contributed by atoms with Gasteiger partial charge in [0.2, 0.25) is 0 Å². The Bertz CT molecular complexity index is 228. The largest absolute Gasteiger partial charge is 0.322 e. The molecule has 1 aromatic rings. The molecule has 1 saturated carbocycles. The van der Waals surface area contributed by atoms with Crippen molar-refractivity contribution in [3.8, 4) is 0 Å². The molecule has 0 amide bonds. The van der Waals surface area contributed by atoms with E-state index < -0.39 is 0 Å². The van der Waals surface area contributed by atoms with Crippen molar-refractivity contribution in [2.75, 3.05) is 0 Å². The number of aromatic nitrogens is 2. The highest BCUT2D eigenvalue weighted by Gasteiger charge is 2.24. The molecule has 2 N–H and O–H groups in total. The predicted octanol–water partition coefficient (Wildman–Crippen LogP) is 1.73. The SMILES string of the molecule is NC(c1csnn1)C1CCCC1. The van der Waals surface area contributed by atoms with Gasteiger partial charge < -0.3 is 5.73 Å². The van der Waals surface area contributed by atoms with Crippen LogP contribution in [-0.2, 0) is 0 Å². The van der Waals surface area contributed by atoms with Crippen LogP contribution in [-0.4, -0.2) is 9.59 Å². The molecule has 2 rings (SSSR count). The maximum atomic E-state index is 6.05. The van der Waals surface area contributed by atoms with Gasteiger partial charge in [-0.2, -0.15) is 0 Å². The third-order valence-corrected chi connectivity index (χ3v) is 3.15. The molecule has 0 aliphatic heterocycles. The van der Waals surface area contributed by atoms with E-state index in [-0.39, 0.29) is 6.04 Å². The molecule has 1 unspecified atom stereocenters. The average molecular weight is 183 g/mol. The number of hydrogen-bond donors (Lipinski definition) is 1. The fourth-order valence-corrected chi connectivity index (χ4v) is 2.38. The normalized spacial score (nSPS) is 21.4. The molecule has 0 aromatic carbocycles. The average Bonchev–Trinajstić information content (AvgIpc) is 2.77. The van der Waals surface area contributed by atoms with Crippen LogP contribution in [0, 0.1) is 5.92 Å². The van der Waals surface area contributed by atoms with E-state index in [0.29, 0.717) is 5.92 Å². The number of nitrogens with two attached hydrogens (primary N) is 1. The minimum Gasteiger partial charge on any atom is -0.322 e. The zero-order valence-electron chi connectivity index (χ0n) is 6.94. The second-order valence-corrected chi connectivity index (χ2v) is 4.01. The first kappa shape index (κ1) is 8.13. The molecule has 0 spiro atoms. The predicted molar refractivity (Wildman–Crippen MR) is 48.8 cm³/mol. The van der Waals surface area contributed by atoms with Gasteiger partial charge in [0.1, 0.15) is 0 Å². The van der Waals surface area contributed by atoms with E-state index in [2.05, 4.69) is 9.59 Å². The Hall–Kier alpha value is -0.480. The summed E-state index contributed by atoms with van der Waals surface area (Å²) in [5, 5.41) is 5.97. The van der Waals surface area contributed by atoms with E-state index in [1.54, 1.807) is 0 Å². The fourth-order valence-electron chi connectivity index (χ4n) is 1.88. The molecule has 0 radical (unpaired) electrons. The van der Waals surface area contributed by atoms with Crippen molar-refractivity contribution >= 4 is 11.5 Å². The Morgan fingerprint density at radius 2 is 2.25 bits per heavy atom. The van der Waals surface area contributed by atoms with Gasteiger partial charge in [0.15, 0.2) is 0 Å². The van der Waals surface area contributed by atoms with E-state index in [0.717, 1.165) is 5.69 Å². The molecule has 1 aromatic heterocycles. The van der Waals surface area contributed by atoms with E-state index >= 15 is 0 Å². The van der Waals surface area contributed by atoms with Crippen LogP contribution in [0.4, 0.5) is 0 Å². The van der Waals surface area contributed by atoms with Crippen LogP contribution in [0.2, 0.25) is 0 Å². The van der Waals surface area contributed by atoms with Gasteiger partial charge in [0, 0.05) is 5.38 Å².